The maximum atomic E-state index is 5.64. The van der Waals surface area contributed by atoms with E-state index in [1.54, 1.807) is 0 Å². The van der Waals surface area contributed by atoms with Crippen LogP contribution in [0.4, 0.5) is 0 Å². The maximum absolute atomic E-state index is 5.64. The van der Waals surface area contributed by atoms with Gasteiger partial charge < -0.3 is 14.8 Å². The van der Waals surface area contributed by atoms with Crippen LogP contribution in [0.3, 0.4) is 0 Å². The van der Waals surface area contributed by atoms with Crippen molar-refractivity contribution >= 4 is 0 Å². The lowest BCUT2D eigenvalue weighted by atomic mass is 10.1. The SMILES string of the molecule is CCNCc1ccccc1COCCOC(C)C. The largest absolute Gasteiger partial charge is 0.376 e. The van der Waals surface area contributed by atoms with Crippen molar-refractivity contribution in [2.45, 2.75) is 40.0 Å². The summed E-state index contributed by atoms with van der Waals surface area (Å²) in [7, 11) is 0. The van der Waals surface area contributed by atoms with Crippen molar-refractivity contribution in [1.29, 1.82) is 0 Å². The van der Waals surface area contributed by atoms with E-state index in [9.17, 15) is 0 Å². The molecule has 0 aromatic heterocycles. The summed E-state index contributed by atoms with van der Waals surface area (Å²) in [6.07, 6.45) is 0.273. The van der Waals surface area contributed by atoms with Gasteiger partial charge in [0.2, 0.25) is 0 Å². The quantitative estimate of drug-likeness (QED) is 0.685. The molecule has 3 nitrogen and oxygen atoms in total. The second kappa shape index (κ2) is 9.09. The van der Waals surface area contributed by atoms with E-state index in [1.807, 2.05) is 13.8 Å². The minimum atomic E-state index is 0.273. The van der Waals surface area contributed by atoms with Gasteiger partial charge in [-0.05, 0) is 31.5 Å². The molecule has 102 valence electrons. The Balaban J connectivity index is 2.32. The highest BCUT2D eigenvalue weighted by Gasteiger charge is 2.01. The van der Waals surface area contributed by atoms with Crippen molar-refractivity contribution in [3.8, 4) is 0 Å². The Labute approximate surface area is 110 Å². The van der Waals surface area contributed by atoms with Gasteiger partial charge in [0.25, 0.3) is 0 Å². The molecule has 0 saturated heterocycles. The number of nitrogens with one attached hydrogen (secondary N) is 1. The average Bonchev–Trinajstić information content (AvgIpc) is 2.36. The number of rotatable bonds is 9. The molecule has 1 aromatic rings. The van der Waals surface area contributed by atoms with Crippen molar-refractivity contribution in [2.75, 3.05) is 19.8 Å². The van der Waals surface area contributed by atoms with Gasteiger partial charge in [-0.3, -0.25) is 0 Å². The fraction of sp³-hybridized carbons (Fsp3) is 0.600. The topological polar surface area (TPSA) is 30.5 Å². The van der Waals surface area contributed by atoms with E-state index < -0.39 is 0 Å². The van der Waals surface area contributed by atoms with E-state index in [0.717, 1.165) is 13.1 Å². The highest BCUT2D eigenvalue weighted by Crippen LogP contribution is 2.09. The van der Waals surface area contributed by atoms with Gasteiger partial charge in [0.05, 0.1) is 25.9 Å². The molecular weight excluding hydrogens is 226 g/mol. The van der Waals surface area contributed by atoms with E-state index in [2.05, 4.69) is 36.5 Å². The van der Waals surface area contributed by atoms with Gasteiger partial charge in [0, 0.05) is 6.54 Å². The fourth-order valence-electron chi connectivity index (χ4n) is 1.66. The second-order valence-corrected chi connectivity index (χ2v) is 4.52. The lowest BCUT2D eigenvalue weighted by molar-refractivity contribution is 0.0141. The van der Waals surface area contributed by atoms with Gasteiger partial charge in [-0.25, -0.2) is 0 Å². The van der Waals surface area contributed by atoms with Gasteiger partial charge in [0.15, 0.2) is 0 Å². The first-order valence-electron chi connectivity index (χ1n) is 6.71. The van der Waals surface area contributed by atoms with Crippen LogP contribution in [0.15, 0.2) is 24.3 Å². The first-order valence-corrected chi connectivity index (χ1v) is 6.71. The molecule has 0 aliphatic carbocycles. The molecule has 18 heavy (non-hydrogen) atoms. The molecule has 0 amide bonds. The fourth-order valence-corrected chi connectivity index (χ4v) is 1.66. The van der Waals surface area contributed by atoms with Crippen LogP contribution in [-0.4, -0.2) is 25.9 Å². The summed E-state index contributed by atoms with van der Waals surface area (Å²) in [6, 6.07) is 8.39. The number of benzene rings is 1. The van der Waals surface area contributed by atoms with Gasteiger partial charge >= 0.3 is 0 Å². The first kappa shape index (κ1) is 15.2. The Morgan fingerprint density at radius 1 is 1.11 bits per heavy atom. The van der Waals surface area contributed by atoms with Crippen LogP contribution in [-0.2, 0) is 22.6 Å². The van der Waals surface area contributed by atoms with Crippen molar-refractivity contribution < 1.29 is 9.47 Å². The standard InChI is InChI=1S/C15H25NO2/c1-4-16-11-14-7-5-6-8-15(14)12-17-9-10-18-13(2)3/h5-8,13,16H,4,9-12H2,1-3H3. The molecule has 0 radical (unpaired) electrons. The third kappa shape index (κ3) is 6.15. The van der Waals surface area contributed by atoms with E-state index in [4.69, 9.17) is 9.47 Å². The molecule has 0 unspecified atom stereocenters. The Morgan fingerprint density at radius 2 is 1.83 bits per heavy atom. The second-order valence-electron chi connectivity index (χ2n) is 4.52. The van der Waals surface area contributed by atoms with Crippen LogP contribution in [0.1, 0.15) is 31.9 Å². The summed E-state index contributed by atoms with van der Waals surface area (Å²) in [4.78, 5) is 0. The highest BCUT2D eigenvalue weighted by atomic mass is 16.5. The molecule has 0 spiro atoms. The van der Waals surface area contributed by atoms with E-state index in [1.165, 1.54) is 11.1 Å². The normalized spacial score (nSPS) is 11.1. The van der Waals surface area contributed by atoms with Crippen molar-refractivity contribution in [1.82, 2.24) is 5.32 Å². The van der Waals surface area contributed by atoms with Crippen LogP contribution in [0, 0.1) is 0 Å². The van der Waals surface area contributed by atoms with Crippen LogP contribution in [0.5, 0.6) is 0 Å². The molecule has 3 heteroatoms. The molecule has 0 bridgehead atoms. The molecule has 0 saturated carbocycles. The van der Waals surface area contributed by atoms with Crippen molar-refractivity contribution in [3.05, 3.63) is 35.4 Å². The third-order valence-electron chi connectivity index (χ3n) is 2.62. The summed E-state index contributed by atoms with van der Waals surface area (Å²) < 4.78 is 11.1. The van der Waals surface area contributed by atoms with Crippen LogP contribution >= 0.6 is 0 Å². The summed E-state index contributed by atoms with van der Waals surface area (Å²) in [5.74, 6) is 0. The zero-order valence-electron chi connectivity index (χ0n) is 11.7. The molecular formula is C15H25NO2. The van der Waals surface area contributed by atoms with Crippen LogP contribution < -0.4 is 5.32 Å². The summed E-state index contributed by atoms with van der Waals surface area (Å²) in [6.45, 7) is 10.0. The van der Waals surface area contributed by atoms with E-state index in [-0.39, 0.29) is 6.10 Å². The van der Waals surface area contributed by atoms with Gasteiger partial charge in [0.1, 0.15) is 0 Å². The minimum absolute atomic E-state index is 0.273. The lowest BCUT2D eigenvalue weighted by Crippen LogP contribution is -2.14. The smallest absolute Gasteiger partial charge is 0.0721 e. The predicted octanol–water partition coefficient (Wildman–Crippen LogP) is 2.74. The number of hydrogen-bond acceptors (Lipinski definition) is 3. The van der Waals surface area contributed by atoms with Crippen molar-refractivity contribution in [2.24, 2.45) is 0 Å². The summed E-state index contributed by atoms with van der Waals surface area (Å²) in [5.41, 5.74) is 2.56. The zero-order chi connectivity index (χ0) is 13.2. The minimum Gasteiger partial charge on any atom is -0.376 e. The first-order chi connectivity index (χ1) is 8.74. The summed E-state index contributed by atoms with van der Waals surface area (Å²) in [5, 5.41) is 3.34. The highest BCUT2D eigenvalue weighted by molar-refractivity contribution is 5.26. The van der Waals surface area contributed by atoms with Gasteiger partial charge in [-0.15, -0.1) is 0 Å². The molecule has 1 rings (SSSR count). The molecule has 0 aliphatic rings. The Bertz CT molecular complexity index is 326. The van der Waals surface area contributed by atoms with Crippen molar-refractivity contribution in [3.63, 3.8) is 0 Å². The van der Waals surface area contributed by atoms with Crippen LogP contribution in [0.2, 0.25) is 0 Å². The lowest BCUT2D eigenvalue weighted by Gasteiger charge is -2.11. The molecule has 0 heterocycles. The van der Waals surface area contributed by atoms with Crippen LogP contribution in [0.25, 0.3) is 0 Å². The monoisotopic (exact) mass is 251 g/mol. The third-order valence-corrected chi connectivity index (χ3v) is 2.62. The predicted molar refractivity (Wildman–Crippen MR) is 74.6 cm³/mol. The molecule has 0 atom stereocenters. The zero-order valence-corrected chi connectivity index (χ0v) is 11.7. The number of hydrogen-bond donors (Lipinski definition) is 1. The Hall–Kier alpha value is -0.900. The Kier molecular flexibility index (Phi) is 7.65. The Morgan fingerprint density at radius 3 is 2.50 bits per heavy atom. The average molecular weight is 251 g/mol. The molecule has 1 N–H and O–H groups in total. The molecule has 1 aromatic carbocycles. The maximum Gasteiger partial charge on any atom is 0.0721 e. The van der Waals surface area contributed by atoms with Gasteiger partial charge in [-0.1, -0.05) is 31.2 Å². The number of ether oxygens (including phenoxy) is 2. The molecule has 0 aliphatic heterocycles. The van der Waals surface area contributed by atoms with Gasteiger partial charge in [-0.2, -0.15) is 0 Å². The van der Waals surface area contributed by atoms with E-state index in [0.29, 0.717) is 19.8 Å². The van der Waals surface area contributed by atoms with E-state index >= 15 is 0 Å². The summed E-state index contributed by atoms with van der Waals surface area (Å²) >= 11 is 0. The molecule has 0 fully saturated rings.